The maximum atomic E-state index is 10.8. The van der Waals surface area contributed by atoms with Gasteiger partial charge in [-0.05, 0) is 6.08 Å². The van der Waals surface area contributed by atoms with Gasteiger partial charge in [-0.25, -0.2) is 4.79 Å². The largest absolute Gasteiger partial charge is 0.351 e. The Morgan fingerprint density at radius 3 is 3.33 bits per heavy atom. The van der Waals surface area contributed by atoms with Crippen LogP contribution in [0.15, 0.2) is 23.5 Å². The first kappa shape index (κ1) is 7.17. The summed E-state index contributed by atoms with van der Waals surface area (Å²) in [5, 5.41) is 0. The highest BCUT2D eigenvalue weighted by molar-refractivity contribution is 5.74. The van der Waals surface area contributed by atoms with Gasteiger partial charge in [0.25, 0.3) is 0 Å². The molecule has 3 N–H and O–H groups in total. The number of hydrogen-bond donors (Lipinski definition) is 2. The number of amides is 2. The predicted octanol–water partition coefficient (Wildman–Crippen LogP) is -0.317. The summed E-state index contributed by atoms with van der Waals surface area (Å²) in [5.41, 5.74) is 9.82. The molecule has 0 aromatic carbocycles. The topological polar surface area (TPSA) is 67.6 Å². The van der Waals surface area contributed by atoms with Crippen molar-refractivity contribution in [2.75, 3.05) is 13.2 Å². The molecule has 5 nitrogen and oxygen atoms in total. The lowest BCUT2D eigenvalue weighted by molar-refractivity contribution is 0.108. The summed E-state index contributed by atoms with van der Waals surface area (Å²) in [5.74, 6) is 0. The van der Waals surface area contributed by atoms with E-state index >= 15 is 0 Å². The molecule has 0 atom stereocenters. The van der Waals surface area contributed by atoms with E-state index < -0.39 is 6.03 Å². The number of primary amides is 1. The molecule has 0 saturated carbocycles. The molecule has 2 rings (SSSR count). The lowest BCUT2D eigenvalue weighted by Gasteiger charge is -2.19. The molecule has 0 unspecified atom stereocenters. The van der Waals surface area contributed by atoms with Crippen molar-refractivity contribution in [1.82, 2.24) is 10.4 Å². The van der Waals surface area contributed by atoms with Crippen LogP contribution in [0.2, 0.25) is 0 Å². The molecule has 2 aliphatic rings. The number of urea groups is 1. The van der Waals surface area contributed by atoms with E-state index in [2.05, 4.69) is 5.48 Å². The number of rotatable bonds is 0. The molecule has 0 radical (unpaired) electrons. The molecule has 64 valence electrons. The number of nitrogens with zero attached hydrogens (tertiary/aromatic N) is 1. The Kier molecular flexibility index (Phi) is 1.51. The molecular formula is C7H9N3O2. The van der Waals surface area contributed by atoms with E-state index in [0.29, 0.717) is 13.2 Å². The molecule has 2 aliphatic heterocycles. The highest BCUT2D eigenvalue weighted by Crippen LogP contribution is 2.17. The van der Waals surface area contributed by atoms with Crippen molar-refractivity contribution in [3.8, 4) is 0 Å². The first-order chi connectivity index (χ1) is 5.77. The Morgan fingerprint density at radius 2 is 2.58 bits per heavy atom. The zero-order valence-corrected chi connectivity index (χ0v) is 6.41. The molecule has 0 saturated heterocycles. The SMILES string of the molecule is NC(=O)N1C=CC2=C(CON2)C1. The molecule has 12 heavy (non-hydrogen) atoms. The second-order valence-electron chi connectivity index (χ2n) is 2.69. The van der Waals surface area contributed by atoms with Crippen molar-refractivity contribution in [1.29, 1.82) is 0 Å². The Balaban J connectivity index is 2.15. The fourth-order valence-electron chi connectivity index (χ4n) is 1.21. The van der Waals surface area contributed by atoms with Crippen molar-refractivity contribution in [3.63, 3.8) is 0 Å². The number of hydrogen-bond acceptors (Lipinski definition) is 3. The third kappa shape index (κ3) is 1.04. The zero-order valence-electron chi connectivity index (χ0n) is 6.41. The summed E-state index contributed by atoms with van der Waals surface area (Å²) in [6.45, 7) is 1.04. The monoisotopic (exact) mass is 167 g/mol. The van der Waals surface area contributed by atoms with Crippen LogP contribution in [-0.4, -0.2) is 24.1 Å². The predicted molar refractivity (Wildman–Crippen MR) is 41.5 cm³/mol. The van der Waals surface area contributed by atoms with E-state index in [-0.39, 0.29) is 0 Å². The molecule has 2 amide bonds. The Hall–Kier alpha value is -1.49. The van der Waals surface area contributed by atoms with Gasteiger partial charge in [-0.15, -0.1) is 0 Å². The van der Waals surface area contributed by atoms with Gasteiger partial charge in [0.2, 0.25) is 0 Å². The van der Waals surface area contributed by atoms with Gasteiger partial charge in [0.05, 0.1) is 18.8 Å². The average Bonchev–Trinajstić information content (AvgIpc) is 2.49. The molecular weight excluding hydrogens is 158 g/mol. The molecule has 2 heterocycles. The van der Waals surface area contributed by atoms with Crippen LogP contribution in [0.1, 0.15) is 0 Å². The van der Waals surface area contributed by atoms with E-state index in [1.165, 1.54) is 4.90 Å². The van der Waals surface area contributed by atoms with E-state index in [1.54, 1.807) is 12.3 Å². The van der Waals surface area contributed by atoms with Gasteiger partial charge in [0, 0.05) is 11.8 Å². The number of allylic oxidation sites excluding steroid dienone is 1. The fourth-order valence-corrected chi connectivity index (χ4v) is 1.21. The molecule has 0 spiro atoms. The molecule has 5 heteroatoms. The summed E-state index contributed by atoms with van der Waals surface area (Å²) in [6, 6.07) is -0.440. The van der Waals surface area contributed by atoms with Crippen LogP contribution >= 0.6 is 0 Å². The highest BCUT2D eigenvalue weighted by atomic mass is 16.6. The van der Waals surface area contributed by atoms with E-state index in [9.17, 15) is 4.79 Å². The summed E-state index contributed by atoms with van der Waals surface area (Å²) in [7, 11) is 0. The third-order valence-electron chi connectivity index (χ3n) is 1.87. The van der Waals surface area contributed by atoms with Gasteiger partial charge in [-0.3, -0.25) is 15.2 Å². The maximum absolute atomic E-state index is 10.8. The van der Waals surface area contributed by atoms with Crippen LogP contribution < -0.4 is 11.2 Å². The number of nitrogens with one attached hydrogen (secondary N) is 1. The van der Waals surface area contributed by atoms with E-state index in [0.717, 1.165) is 11.3 Å². The molecule has 0 aromatic heterocycles. The summed E-state index contributed by atoms with van der Waals surface area (Å²) >= 11 is 0. The van der Waals surface area contributed by atoms with Crippen molar-refractivity contribution >= 4 is 6.03 Å². The standard InChI is InChI=1S/C7H9N3O2/c8-7(11)10-2-1-6-5(3-10)4-12-9-6/h1-2,9H,3-4H2,(H2,8,11). The lowest BCUT2D eigenvalue weighted by Crippen LogP contribution is -2.34. The minimum atomic E-state index is -0.440. The minimum Gasteiger partial charge on any atom is -0.351 e. The molecule has 0 aromatic rings. The number of hydroxylamine groups is 1. The van der Waals surface area contributed by atoms with Crippen molar-refractivity contribution < 1.29 is 9.63 Å². The Bertz CT molecular complexity index is 282. The van der Waals surface area contributed by atoms with Crippen molar-refractivity contribution in [3.05, 3.63) is 23.5 Å². The summed E-state index contributed by atoms with van der Waals surface area (Å²) in [4.78, 5) is 17.2. The first-order valence-electron chi connectivity index (χ1n) is 3.61. The van der Waals surface area contributed by atoms with Crippen LogP contribution in [0.3, 0.4) is 0 Å². The molecule has 0 fully saturated rings. The van der Waals surface area contributed by atoms with Gasteiger partial charge in [0.1, 0.15) is 0 Å². The summed E-state index contributed by atoms with van der Waals surface area (Å²) < 4.78 is 0. The fraction of sp³-hybridized carbons (Fsp3) is 0.286. The van der Waals surface area contributed by atoms with Crippen molar-refractivity contribution in [2.45, 2.75) is 0 Å². The lowest BCUT2D eigenvalue weighted by atomic mass is 10.1. The van der Waals surface area contributed by atoms with E-state index in [1.807, 2.05) is 0 Å². The van der Waals surface area contributed by atoms with Crippen molar-refractivity contribution in [2.24, 2.45) is 5.73 Å². The van der Waals surface area contributed by atoms with Gasteiger partial charge in [-0.1, -0.05) is 0 Å². The molecule has 0 aliphatic carbocycles. The Morgan fingerprint density at radius 1 is 1.75 bits per heavy atom. The number of carbonyl (C=O) groups is 1. The smallest absolute Gasteiger partial charge is 0.319 e. The number of carbonyl (C=O) groups excluding carboxylic acids is 1. The molecule has 0 bridgehead atoms. The van der Waals surface area contributed by atoms with Crippen LogP contribution in [-0.2, 0) is 4.84 Å². The van der Waals surface area contributed by atoms with Crippen LogP contribution in [0.25, 0.3) is 0 Å². The summed E-state index contributed by atoms with van der Waals surface area (Å²) in [6.07, 6.45) is 3.42. The quantitative estimate of drug-likeness (QED) is 0.519. The van der Waals surface area contributed by atoms with Gasteiger partial charge in [-0.2, -0.15) is 0 Å². The van der Waals surface area contributed by atoms with Crippen LogP contribution in [0.4, 0.5) is 4.79 Å². The van der Waals surface area contributed by atoms with Gasteiger partial charge < -0.3 is 5.73 Å². The second-order valence-corrected chi connectivity index (χ2v) is 2.69. The minimum absolute atomic E-state index is 0.440. The maximum Gasteiger partial charge on any atom is 0.319 e. The number of nitrogens with two attached hydrogens (primary N) is 1. The van der Waals surface area contributed by atoms with Crippen LogP contribution in [0.5, 0.6) is 0 Å². The first-order valence-corrected chi connectivity index (χ1v) is 3.61. The van der Waals surface area contributed by atoms with Gasteiger partial charge in [0.15, 0.2) is 0 Å². The van der Waals surface area contributed by atoms with Gasteiger partial charge >= 0.3 is 6.03 Å². The van der Waals surface area contributed by atoms with E-state index in [4.69, 9.17) is 10.6 Å². The second kappa shape index (κ2) is 2.53. The highest BCUT2D eigenvalue weighted by Gasteiger charge is 2.20. The average molecular weight is 167 g/mol. The van der Waals surface area contributed by atoms with Crippen LogP contribution in [0, 0.1) is 0 Å². The normalized spacial score (nSPS) is 20.8. The Labute approximate surface area is 69.4 Å². The third-order valence-corrected chi connectivity index (χ3v) is 1.87. The zero-order chi connectivity index (χ0) is 8.55.